The predicted octanol–water partition coefficient (Wildman–Crippen LogP) is 4.84. The number of rotatable bonds is 5. The second-order valence-corrected chi connectivity index (χ2v) is 9.74. The lowest BCUT2D eigenvalue weighted by molar-refractivity contribution is 0.415. The molecule has 10 heteroatoms. The van der Waals surface area contributed by atoms with E-state index in [1.165, 1.54) is 20.7 Å². The Morgan fingerprint density at radius 3 is 2.41 bits per heavy atom. The van der Waals surface area contributed by atoms with Crippen LogP contribution in [-0.2, 0) is 0 Å². The fraction of sp³-hybridized carbons (Fsp3) is 0.103. The van der Waals surface area contributed by atoms with E-state index in [0.717, 1.165) is 10.9 Å². The molecule has 0 N–H and O–H groups in total. The highest BCUT2D eigenvalue weighted by Gasteiger charge is 2.21. The van der Waals surface area contributed by atoms with Gasteiger partial charge < -0.3 is 9.15 Å². The SMILES string of the molecule is COc1ccc(N=c2scc(-c3cc4ccccc4oc3=O)n2-n2c(C)nn(-c3ccc(C)cc3)c2=O)cc1. The minimum Gasteiger partial charge on any atom is -0.497 e. The number of hydrogen-bond donors (Lipinski definition) is 0. The summed E-state index contributed by atoms with van der Waals surface area (Å²) in [5.41, 5.74) is 2.67. The zero-order valence-electron chi connectivity index (χ0n) is 21.4. The minimum atomic E-state index is -0.520. The van der Waals surface area contributed by atoms with E-state index < -0.39 is 11.3 Å². The van der Waals surface area contributed by atoms with Gasteiger partial charge in [-0.1, -0.05) is 35.9 Å². The summed E-state index contributed by atoms with van der Waals surface area (Å²) in [6.45, 7) is 3.71. The topological polar surface area (TPSA) is 96.6 Å². The van der Waals surface area contributed by atoms with Gasteiger partial charge in [0.1, 0.15) is 11.3 Å². The number of benzene rings is 3. The smallest absolute Gasteiger partial charge is 0.370 e. The van der Waals surface area contributed by atoms with Crippen molar-refractivity contribution in [2.75, 3.05) is 7.11 Å². The molecule has 3 heterocycles. The van der Waals surface area contributed by atoms with Crippen molar-refractivity contribution in [1.82, 2.24) is 19.1 Å². The Morgan fingerprint density at radius 1 is 0.923 bits per heavy atom. The molecule has 0 unspecified atom stereocenters. The van der Waals surface area contributed by atoms with Crippen LogP contribution in [0.4, 0.5) is 5.69 Å². The van der Waals surface area contributed by atoms with E-state index in [-0.39, 0.29) is 0 Å². The normalized spacial score (nSPS) is 11.8. The van der Waals surface area contributed by atoms with Crippen LogP contribution >= 0.6 is 11.3 Å². The van der Waals surface area contributed by atoms with Crippen LogP contribution in [0.1, 0.15) is 11.4 Å². The summed E-state index contributed by atoms with van der Waals surface area (Å²) < 4.78 is 15.3. The summed E-state index contributed by atoms with van der Waals surface area (Å²) in [7, 11) is 1.60. The van der Waals surface area contributed by atoms with Crippen LogP contribution in [0.2, 0.25) is 0 Å². The van der Waals surface area contributed by atoms with Crippen molar-refractivity contribution >= 4 is 28.0 Å². The van der Waals surface area contributed by atoms with E-state index in [9.17, 15) is 9.59 Å². The van der Waals surface area contributed by atoms with Gasteiger partial charge in [0, 0.05) is 10.8 Å². The minimum absolute atomic E-state index is 0.301. The average Bonchev–Trinajstić information content (AvgIpc) is 3.47. The first-order valence-corrected chi connectivity index (χ1v) is 13.0. The molecule has 194 valence electrons. The number of hydrogen-bond acceptors (Lipinski definition) is 7. The van der Waals surface area contributed by atoms with Crippen molar-refractivity contribution in [3.8, 4) is 22.7 Å². The molecule has 0 saturated heterocycles. The molecular weight excluding hydrogens is 514 g/mol. The Hall–Kier alpha value is -4.96. The molecule has 0 aliphatic heterocycles. The quantitative estimate of drug-likeness (QED) is 0.293. The number of thiazole rings is 1. The van der Waals surface area contributed by atoms with Gasteiger partial charge in [0.05, 0.1) is 29.7 Å². The fourth-order valence-electron chi connectivity index (χ4n) is 4.31. The van der Waals surface area contributed by atoms with Crippen molar-refractivity contribution in [2.45, 2.75) is 13.8 Å². The van der Waals surface area contributed by atoms with Crippen LogP contribution in [0.25, 0.3) is 27.9 Å². The Bertz CT molecular complexity index is 2010. The molecule has 6 rings (SSSR count). The molecule has 0 aliphatic rings. The van der Waals surface area contributed by atoms with Crippen LogP contribution in [-0.4, -0.2) is 26.2 Å². The van der Waals surface area contributed by atoms with Gasteiger partial charge in [-0.2, -0.15) is 9.36 Å². The van der Waals surface area contributed by atoms with Gasteiger partial charge in [-0.3, -0.25) is 0 Å². The van der Waals surface area contributed by atoms with Crippen molar-refractivity contribution in [2.24, 2.45) is 4.99 Å². The van der Waals surface area contributed by atoms with Crippen LogP contribution in [0.15, 0.2) is 103 Å². The highest BCUT2D eigenvalue weighted by molar-refractivity contribution is 7.07. The van der Waals surface area contributed by atoms with Crippen LogP contribution < -0.4 is 20.9 Å². The third-order valence-corrected chi connectivity index (χ3v) is 7.11. The summed E-state index contributed by atoms with van der Waals surface area (Å²) in [6.07, 6.45) is 0. The summed E-state index contributed by atoms with van der Waals surface area (Å²) in [5.74, 6) is 1.12. The Balaban J connectivity index is 1.63. The molecule has 3 aromatic heterocycles. The average molecular weight is 538 g/mol. The highest BCUT2D eigenvalue weighted by atomic mass is 32.1. The van der Waals surface area contributed by atoms with E-state index in [2.05, 4.69) is 5.10 Å². The zero-order valence-corrected chi connectivity index (χ0v) is 22.2. The molecule has 0 amide bonds. The lowest BCUT2D eigenvalue weighted by Crippen LogP contribution is -2.35. The molecule has 0 fully saturated rings. The van der Waals surface area contributed by atoms with Crippen molar-refractivity contribution in [3.05, 3.63) is 121 Å². The summed E-state index contributed by atoms with van der Waals surface area (Å²) in [4.78, 5) is 32.3. The maximum Gasteiger partial charge on any atom is 0.370 e. The molecular formula is C29H23N5O4S. The molecule has 3 aromatic carbocycles. The Labute approximate surface area is 226 Å². The van der Waals surface area contributed by atoms with Gasteiger partial charge in [0.2, 0.25) is 4.80 Å². The predicted molar refractivity (Wildman–Crippen MR) is 150 cm³/mol. The maximum atomic E-state index is 13.8. The molecule has 0 bridgehead atoms. The molecule has 0 aliphatic carbocycles. The molecule has 0 radical (unpaired) electrons. The molecule has 39 heavy (non-hydrogen) atoms. The highest BCUT2D eigenvalue weighted by Crippen LogP contribution is 2.23. The first-order valence-electron chi connectivity index (χ1n) is 12.1. The molecule has 6 aromatic rings. The largest absolute Gasteiger partial charge is 0.497 e. The number of aromatic nitrogens is 4. The first-order chi connectivity index (χ1) is 18.9. The zero-order chi connectivity index (χ0) is 27.1. The van der Waals surface area contributed by atoms with Gasteiger partial charge in [0.25, 0.3) is 0 Å². The molecule has 0 saturated carbocycles. The fourth-order valence-corrected chi connectivity index (χ4v) is 5.19. The van der Waals surface area contributed by atoms with E-state index in [0.29, 0.717) is 44.6 Å². The number of para-hydroxylation sites is 1. The Kier molecular flexibility index (Phi) is 6.08. The van der Waals surface area contributed by atoms with E-state index in [1.807, 2.05) is 73.7 Å². The third-order valence-electron chi connectivity index (χ3n) is 6.29. The van der Waals surface area contributed by atoms with Gasteiger partial charge in [-0.15, -0.1) is 16.4 Å². The molecule has 9 nitrogen and oxygen atoms in total. The van der Waals surface area contributed by atoms with Crippen molar-refractivity contribution < 1.29 is 9.15 Å². The van der Waals surface area contributed by atoms with Crippen LogP contribution in [0.5, 0.6) is 5.75 Å². The lowest BCUT2D eigenvalue weighted by Gasteiger charge is -2.10. The summed E-state index contributed by atoms with van der Waals surface area (Å²) >= 11 is 1.30. The van der Waals surface area contributed by atoms with E-state index in [1.54, 1.807) is 36.2 Å². The maximum absolute atomic E-state index is 13.8. The number of methoxy groups -OCH3 is 1. The van der Waals surface area contributed by atoms with E-state index in [4.69, 9.17) is 14.1 Å². The van der Waals surface area contributed by atoms with Gasteiger partial charge in [-0.05, 0) is 62.4 Å². The molecule has 0 spiro atoms. The van der Waals surface area contributed by atoms with Gasteiger partial charge in [-0.25, -0.2) is 19.3 Å². The number of aryl methyl sites for hydroxylation is 2. The van der Waals surface area contributed by atoms with Crippen molar-refractivity contribution in [1.29, 1.82) is 0 Å². The second-order valence-electron chi connectivity index (χ2n) is 8.90. The van der Waals surface area contributed by atoms with Gasteiger partial charge in [0.15, 0.2) is 5.82 Å². The monoisotopic (exact) mass is 537 g/mol. The summed E-state index contributed by atoms with van der Waals surface area (Å²) in [5, 5.41) is 7.09. The number of nitrogens with zero attached hydrogens (tertiary/aromatic N) is 5. The van der Waals surface area contributed by atoms with Crippen LogP contribution in [0.3, 0.4) is 0 Å². The Morgan fingerprint density at radius 2 is 1.67 bits per heavy atom. The van der Waals surface area contributed by atoms with E-state index >= 15 is 0 Å². The van der Waals surface area contributed by atoms with Crippen molar-refractivity contribution in [3.63, 3.8) is 0 Å². The number of fused-ring (bicyclic) bond motifs is 1. The third kappa shape index (κ3) is 4.40. The lowest BCUT2D eigenvalue weighted by atomic mass is 10.1. The first kappa shape index (κ1) is 24.4. The van der Waals surface area contributed by atoms with Crippen LogP contribution in [0, 0.1) is 13.8 Å². The van der Waals surface area contributed by atoms with Gasteiger partial charge >= 0.3 is 11.3 Å². The standard InChI is InChI=1S/C29H23N5O4S/c1-18-8-12-22(13-9-18)32-29(36)33(19(2)31-32)34-25(24-16-20-6-4-5-7-26(20)38-27(24)35)17-39-28(34)30-21-10-14-23(37-3)15-11-21/h4-17H,1-3H3. The summed E-state index contributed by atoms with van der Waals surface area (Å²) in [6, 6.07) is 23.8. The molecule has 0 atom stereocenters. The second kappa shape index (κ2) is 9.73. The number of ether oxygens (including phenoxy) is 1.